The number of carboxylic acid groups (broad SMARTS) is 1. The second-order valence-corrected chi connectivity index (χ2v) is 5.66. The number of rotatable bonds is 6. The van der Waals surface area contributed by atoms with Gasteiger partial charge >= 0.3 is 5.97 Å². The van der Waals surface area contributed by atoms with E-state index >= 15 is 0 Å². The fraction of sp³-hybridized carbons (Fsp3) is 0.923. The summed E-state index contributed by atoms with van der Waals surface area (Å²) in [7, 11) is 0. The first-order valence-electron chi connectivity index (χ1n) is 6.98. The Morgan fingerprint density at radius 1 is 1.33 bits per heavy atom. The van der Waals surface area contributed by atoms with Crippen LogP contribution in [0.5, 0.6) is 0 Å². The molecule has 5 heteroatoms. The van der Waals surface area contributed by atoms with Crippen LogP contribution in [0, 0.1) is 11.8 Å². The third-order valence-electron chi connectivity index (χ3n) is 4.21. The summed E-state index contributed by atoms with van der Waals surface area (Å²) >= 11 is 0. The van der Waals surface area contributed by atoms with E-state index in [4.69, 9.17) is 10.2 Å². The molecule has 1 aliphatic carbocycles. The van der Waals surface area contributed by atoms with Gasteiger partial charge in [-0.15, -0.1) is 0 Å². The van der Waals surface area contributed by atoms with E-state index in [1.165, 1.54) is 19.3 Å². The van der Waals surface area contributed by atoms with Gasteiger partial charge in [0.05, 0.1) is 12.5 Å². The molecular formula is C13H24N2O3. The number of piperidine rings is 1. The fourth-order valence-corrected chi connectivity index (χ4v) is 2.87. The van der Waals surface area contributed by atoms with Crippen molar-refractivity contribution < 1.29 is 15.0 Å². The Morgan fingerprint density at radius 3 is 2.67 bits per heavy atom. The lowest BCUT2D eigenvalue weighted by atomic mass is 9.85. The topological polar surface area (TPSA) is 72.8 Å². The number of aliphatic carboxylic acids is 1. The minimum absolute atomic E-state index is 0.0989. The van der Waals surface area contributed by atoms with Gasteiger partial charge in [-0.05, 0) is 31.7 Å². The van der Waals surface area contributed by atoms with Gasteiger partial charge in [-0.3, -0.25) is 9.69 Å². The van der Waals surface area contributed by atoms with Gasteiger partial charge in [-0.1, -0.05) is 6.42 Å². The Labute approximate surface area is 108 Å². The first-order chi connectivity index (χ1) is 8.69. The first-order valence-corrected chi connectivity index (χ1v) is 6.98. The number of β-amino-alcohol motifs (C(OH)–C–C–N with tert-alkyl or cyclic N) is 1. The molecule has 1 aliphatic heterocycles. The molecule has 0 radical (unpaired) electrons. The van der Waals surface area contributed by atoms with E-state index in [-0.39, 0.29) is 18.6 Å². The van der Waals surface area contributed by atoms with Crippen LogP contribution in [0.1, 0.15) is 25.7 Å². The summed E-state index contributed by atoms with van der Waals surface area (Å²) in [6, 6.07) is 0.256. The average Bonchev–Trinajstić information content (AvgIpc) is 2.27. The van der Waals surface area contributed by atoms with Crippen molar-refractivity contribution in [2.24, 2.45) is 11.8 Å². The van der Waals surface area contributed by atoms with Crippen molar-refractivity contribution >= 4 is 5.97 Å². The summed E-state index contributed by atoms with van der Waals surface area (Å²) in [5.74, 6) is -0.223. The predicted molar refractivity (Wildman–Crippen MR) is 68.4 cm³/mol. The number of hydrogen-bond donors (Lipinski definition) is 3. The quantitative estimate of drug-likeness (QED) is 0.630. The highest BCUT2D eigenvalue weighted by molar-refractivity contribution is 5.70. The van der Waals surface area contributed by atoms with Gasteiger partial charge in [0, 0.05) is 25.7 Å². The molecule has 5 nitrogen and oxygen atoms in total. The molecule has 0 aromatic carbocycles. The highest BCUT2D eigenvalue weighted by atomic mass is 16.4. The number of aliphatic hydroxyl groups is 1. The standard InChI is InChI=1S/C13H24N2O3/c16-5-4-15-8-11(13(17)18)6-12(9-15)14-7-10-2-1-3-10/h10-12,14,16H,1-9H2,(H,17,18). The Hall–Kier alpha value is -0.650. The Morgan fingerprint density at radius 2 is 2.11 bits per heavy atom. The maximum absolute atomic E-state index is 11.1. The molecule has 1 saturated carbocycles. The molecule has 2 atom stereocenters. The van der Waals surface area contributed by atoms with Crippen LogP contribution in [0.25, 0.3) is 0 Å². The summed E-state index contributed by atoms with van der Waals surface area (Å²) in [6.45, 7) is 3.12. The molecule has 0 aromatic rings. The van der Waals surface area contributed by atoms with Crippen LogP contribution in [0.3, 0.4) is 0 Å². The van der Waals surface area contributed by atoms with Crippen LogP contribution in [0.15, 0.2) is 0 Å². The van der Waals surface area contributed by atoms with Crippen LogP contribution in [-0.2, 0) is 4.79 Å². The van der Waals surface area contributed by atoms with Crippen molar-refractivity contribution in [2.45, 2.75) is 31.7 Å². The van der Waals surface area contributed by atoms with Gasteiger partial charge in [-0.2, -0.15) is 0 Å². The number of carbonyl (C=O) groups is 1. The summed E-state index contributed by atoms with van der Waals surface area (Å²) < 4.78 is 0. The predicted octanol–water partition coefficient (Wildman–Crippen LogP) is 0.144. The molecule has 1 heterocycles. The van der Waals surface area contributed by atoms with E-state index < -0.39 is 5.97 Å². The highest BCUT2D eigenvalue weighted by Gasteiger charge is 2.31. The summed E-state index contributed by atoms with van der Waals surface area (Å²) in [5, 5.41) is 21.7. The number of hydrogen-bond acceptors (Lipinski definition) is 4. The molecule has 2 aliphatic rings. The maximum atomic E-state index is 11.1. The van der Waals surface area contributed by atoms with Gasteiger partial charge < -0.3 is 15.5 Å². The third kappa shape index (κ3) is 3.67. The zero-order chi connectivity index (χ0) is 13.0. The summed E-state index contributed by atoms with van der Waals surface area (Å²) in [5.41, 5.74) is 0. The maximum Gasteiger partial charge on any atom is 0.307 e. The van der Waals surface area contributed by atoms with E-state index in [0.29, 0.717) is 19.5 Å². The smallest absolute Gasteiger partial charge is 0.307 e. The van der Waals surface area contributed by atoms with Crippen molar-refractivity contribution in [1.82, 2.24) is 10.2 Å². The molecule has 0 bridgehead atoms. The summed E-state index contributed by atoms with van der Waals surface area (Å²) in [6.07, 6.45) is 4.67. The highest BCUT2D eigenvalue weighted by Crippen LogP contribution is 2.26. The minimum Gasteiger partial charge on any atom is -0.481 e. The fourth-order valence-electron chi connectivity index (χ4n) is 2.87. The van der Waals surface area contributed by atoms with Crippen LogP contribution in [0.4, 0.5) is 0 Å². The summed E-state index contributed by atoms with van der Waals surface area (Å²) in [4.78, 5) is 13.2. The number of aliphatic hydroxyl groups excluding tert-OH is 1. The van der Waals surface area contributed by atoms with E-state index in [1.807, 2.05) is 0 Å². The molecule has 18 heavy (non-hydrogen) atoms. The monoisotopic (exact) mass is 256 g/mol. The zero-order valence-corrected chi connectivity index (χ0v) is 10.8. The number of likely N-dealkylation sites (tertiary alicyclic amines) is 1. The third-order valence-corrected chi connectivity index (χ3v) is 4.21. The average molecular weight is 256 g/mol. The molecule has 2 rings (SSSR count). The van der Waals surface area contributed by atoms with Crippen molar-refractivity contribution in [2.75, 3.05) is 32.8 Å². The van der Waals surface area contributed by atoms with Crippen LogP contribution >= 0.6 is 0 Å². The molecule has 3 N–H and O–H groups in total. The minimum atomic E-state index is -0.715. The van der Waals surface area contributed by atoms with Crippen LogP contribution in [0.2, 0.25) is 0 Å². The molecule has 0 spiro atoms. The van der Waals surface area contributed by atoms with Gasteiger partial charge in [0.15, 0.2) is 0 Å². The number of nitrogens with zero attached hydrogens (tertiary/aromatic N) is 1. The van der Waals surface area contributed by atoms with Gasteiger partial charge in [0.1, 0.15) is 0 Å². The van der Waals surface area contributed by atoms with Gasteiger partial charge in [-0.25, -0.2) is 0 Å². The number of nitrogens with one attached hydrogen (secondary N) is 1. The largest absolute Gasteiger partial charge is 0.481 e. The van der Waals surface area contributed by atoms with E-state index in [0.717, 1.165) is 19.0 Å². The lowest BCUT2D eigenvalue weighted by molar-refractivity contribution is -0.144. The van der Waals surface area contributed by atoms with Crippen molar-refractivity contribution in [3.8, 4) is 0 Å². The molecule has 0 amide bonds. The Kier molecular flexibility index (Phi) is 4.97. The molecule has 2 fully saturated rings. The molecule has 2 unspecified atom stereocenters. The van der Waals surface area contributed by atoms with E-state index in [1.54, 1.807) is 0 Å². The van der Waals surface area contributed by atoms with Gasteiger partial charge in [0.25, 0.3) is 0 Å². The second-order valence-electron chi connectivity index (χ2n) is 5.66. The normalized spacial score (nSPS) is 30.1. The molecule has 1 saturated heterocycles. The lowest BCUT2D eigenvalue weighted by Crippen LogP contribution is -2.52. The Bertz CT molecular complexity index is 281. The first kappa shape index (κ1) is 13.8. The van der Waals surface area contributed by atoms with Crippen molar-refractivity contribution in [3.05, 3.63) is 0 Å². The SMILES string of the molecule is O=C(O)C1CC(NCC2CCC2)CN(CCO)C1. The lowest BCUT2D eigenvalue weighted by Gasteiger charge is -2.37. The van der Waals surface area contributed by atoms with Gasteiger partial charge in [0.2, 0.25) is 0 Å². The second kappa shape index (κ2) is 6.50. The van der Waals surface area contributed by atoms with E-state index in [9.17, 15) is 4.79 Å². The Balaban J connectivity index is 1.81. The van der Waals surface area contributed by atoms with Crippen LogP contribution < -0.4 is 5.32 Å². The molecular weight excluding hydrogens is 232 g/mol. The van der Waals surface area contributed by atoms with Crippen LogP contribution in [-0.4, -0.2) is 59.9 Å². The number of carboxylic acids is 1. The zero-order valence-electron chi connectivity index (χ0n) is 10.8. The van der Waals surface area contributed by atoms with Crippen molar-refractivity contribution in [1.29, 1.82) is 0 Å². The van der Waals surface area contributed by atoms with Crippen molar-refractivity contribution in [3.63, 3.8) is 0 Å². The molecule has 0 aromatic heterocycles. The molecule has 104 valence electrons. The van der Waals surface area contributed by atoms with E-state index in [2.05, 4.69) is 10.2 Å².